The molecule has 2 aliphatic carbocycles. The minimum Gasteiger partial charge on any atom is -0.324 e. The maximum atomic E-state index is 10.8. The van der Waals surface area contributed by atoms with Crippen LogP contribution in [0.25, 0.3) is 5.57 Å². The SMILES string of the molecule is NC1CCCC2=C1Cc1ccc([N+](=O)[O-])cc12. The number of nitrogens with zero attached hydrogens (tertiary/aromatic N) is 1. The van der Waals surface area contributed by atoms with Crippen molar-refractivity contribution in [1.82, 2.24) is 0 Å². The number of nitro groups is 1. The van der Waals surface area contributed by atoms with Crippen LogP contribution in [0.1, 0.15) is 30.4 Å². The predicted molar refractivity (Wildman–Crippen MR) is 65.5 cm³/mol. The van der Waals surface area contributed by atoms with Crippen LogP contribution in [0.15, 0.2) is 23.8 Å². The molecule has 0 amide bonds. The number of hydrogen-bond donors (Lipinski definition) is 1. The normalized spacial score (nSPS) is 22.3. The Morgan fingerprint density at radius 1 is 1.41 bits per heavy atom. The third kappa shape index (κ3) is 1.56. The lowest BCUT2D eigenvalue weighted by Gasteiger charge is -2.21. The van der Waals surface area contributed by atoms with E-state index >= 15 is 0 Å². The van der Waals surface area contributed by atoms with Crippen molar-refractivity contribution in [3.8, 4) is 0 Å². The highest BCUT2D eigenvalue weighted by atomic mass is 16.6. The first-order chi connectivity index (χ1) is 8.16. The fourth-order valence-electron chi connectivity index (χ4n) is 2.92. The third-order valence-electron chi connectivity index (χ3n) is 3.79. The van der Waals surface area contributed by atoms with Gasteiger partial charge in [-0.3, -0.25) is 10.1 Å². The van der Waals surface area contributed by atoms with Crippen LogP contribution in [0.4, 0.5) is 5.69 Å². The minimum atomic E-state index is -0.332. The molecule has 0 radical (unpaired) electrons. The summed E-state index contributed by atoms with van der Waals surface area (Å²) in [5, 5.41) is 10.8. The highest BCUT2D eigenvalue weighted by Gasteiger charge is 2.29. The van der Waals surface area contributed by atoms with Crippen LogP contribution in [0.3, 0.4) is 0 Å². The molecule has 1 aromatic carbocycles. The quantitative estimate of drug-likeness (QED) is 0.595. The summed E-state index contributed by atoms with van der Waals surface area (Å²) in [5.41, 5.74) is 11.1. The van der Waals surface area contributed by atoms with Crippen LogP contribution in [0.5, 0.6) is 0 Å². The largest absolute Gasteiger partial charge is 0.324 e. The van der Waals surface area contributed by atoms with Crippen LogP contribution in [0, 0.1) is 10.1 Å². The zero-order chi connectivity index (χ0) is 12.0. The lowest BCUT2D eigenvalue weighted by Crippen LogP contribution is -2.25. The topological polar surface area (TPSA) is 69.2 Å². The summed E-state index contributed by atoms with van der Waals surface area (Å²) >= 11 is 0. The summed E-state index contributed by atoms with van der Waals surface area (Å²) in [6.45, 7) is 0. The number of fused-ring (bicyclic) bond motifs is 2. The van der Waals surface area contributed by atoms with E-state index < -0.39 is 0 Å². The van der Waals surface area contributed by atoms with Gasteiger partial charge in [-0.25, -0.2) is 0 Å². The number of non-ortho nitro benzene ring substituents is 1. The Morgan fingerprint density at radius 2 is 2.24 bits per heavy atom. The number of hydrogen-bond acceptors (Lipinski definition) is 3. The molecule has 1 aromatic rings. The molecule has 0 fully saturated rings. The Morgan fingerprint density at radius 3 is 3.00 bits per heavy atom. The van der Waals surface area contributed by atoms with Crippen molar-refractivity contribution in [3.63, 3.8) is 0 Å². The maximum Gasteiger partial charge on any atom is 0.270 e. The second-order valence-electron chi connectivity index (χ2n) is 4.78. The lowest BCUT2D eigenvalue weighted by atomic mass is 9.88. The van der Waals surface area contributed by atoms with Gasteiger partial charge in [0.15, 0.2) is 0 Å². The third-order valence-corrected chi connectivity index (χ3v) is 3.79. The first-order valence-electron chi connectivity index (χ1n) is 5.92. The first-order valence-corrected chi connectivity index (χ1v) is 5.92. The van der Waals surface area contributed by atoms with E-state index in [-0.39, 0.29) is 16.7 Å². The van der Waals surface area contributed by atoms with E-state index in [2.05, 4.69) is 0 Å². The van der Waals surface area contributed by atoms with Gasteiger partial charge in [0.05, 0.1) is 4.92 Å². The van der Waals surface area contributed by atoms with Crippen molar-refractivity contribution in [2.45, 2.75) is 31.7 Å². The number of benzene rings is 1. The van der Waals surface area contributed by atoms with Gasteiger partial charge in [-0.15, -0.1) is 0 Å². The molecule has 2 N–H and O–H groups in total. The Hall–Kier alpha value is -1.68. The van der Waals surface area contributed by atoms with Crippen LogP contribution in [-0.4, -0.2) is 11.0 Å². The zero-order valence-electron chi connectivity index (χ0n) is 9.48. The fraction of sp³-hybridized carbons (Fsp3) is 0.385. The van der Waals surface area contributed by atoms with Gasteiger partial charge in [0.1, 0.15) is 0 Å². The zero-order valence-corrected chi connectivity index (χ0v) is 9.48. The molecule has 1 atom stereocenters. The van der Waals surface area contributed by atoms with Crippen molar-refractivity contribution in [1.29, 1.82) is 0 Å². The van der Waals surface area contributed by atoms with Gasteiger partial charge in [-0.2, -0.15) is 0 Å². The monoisotopic (exact) mass is 230 g/mol. The molecule has 0 heterocycles. The number of allylic oxidation sites excluding steroid dienone is 1. The predicted octanol–water partition coefficient (Wildman–Crippen LogP) is 2.42. The van der Waals surface area contributed by atoms with E-state index in [1.54, 1.807) is 12.1 Å². The summed E-state index contributed by atoms with van der Waals surface area (Å²) in [7, 11) is 0. The summed E-state index contributed by atoms with van der Waals surface area (Å²) in [4.78, 5) is 10.5. The van der Waals surface area contributed by atoms with Gasteiger partial charge in [-0.05, 0) is 48.0 Å². The van der Waals surface area contributed by atoms with Crippen molar-refractivity contribution in [2.75, 3.05) is 0 Å². The van der Waals surface area contributed by atoms with Gasteiger partial charge in [-0.1, -0.05) is 6.07 Å². The van der Waals surface area contributed by atoms with Crippen molar-refractivity contribution in [3.05, 3.63) is 45.0 Å². The van der Waals surface area contributed by atoms with Crippen molar-refractivity contribution < 1.29 is 4.92 Å². The standard InChI is InChI=1S/C13H14N2O2/c14-13-3-1-2-10-11-7-9(15(16)17)5-4-8(11)6-12(10)13/h4-5,7,13H,1-3,6,14H2. The second kappa shape index (κ2) is 3.67. The molecular formula is C13H14N2O2. The Kier molecular flexibility index (Phi) is 2.26. The van der Waals surface area contributed by atoms with Crippen molar-refractivity contribution in [2.24, 2.45) is 5.73 Å². The molecule has 3 rings (SSSR count). The van der Waals surface area contributed by atoms with E-state index in [1.807, 2.05) is 6.07 Å². The van der Waals surface area contributed by atoms with E-state index in [1.165, 1.54) is 16.7 Å². The Balaban J connectivity index is 2.10. The van der Waals surface area contributed by atoms with Crippen LogP contribution in [-0.2, 0) is 6.42 Å². The van der Waals surface area contributed by atoms with E-state index in [9.17, 15) is 10.1 Å². The molecule has 0 spiro atoms. The first kappa shape index (κ1) is 10.5. The van der Waals surface area contributed by atoms with Gasteiger partial charge in [0, 0.05) is 18.2 Å². The molecule has 2 aliphatic rings. The molecule has 4 nitrogen and oxygen atoms in total. The molecule has 0 aliphatic heterocycles. The number of rotatable bonds is 1. The molecule has 0 saturated heterocycles. The molecule has 0 saturated carbocycles. The maximum absolute atomic E-state index is 10.8. The fourth-order valence-corrected chi connectivity index (χ4v) is 2.92. The van der Waals surface area contributed by atoms with Gasteiger partial charge in [0.2, 0.25) is 0 Å². The summed E-state index contributed by atoms with van der Waals surface area (Å²) < 4.78 is 0. The number of nitro benzene ring substituents is 1. The van der Waals surface area contributed by atoms with Crippen molar-refractivity contribution >= 4 is 11.3 Å². The molecule has 17 heavy (non-hydrogen) atoms. The van der Waals surface area contributed by atoms with Gasteiger partial charge >= 0.3 is 0 Å². The van der Waals surface area contributed by atoms with E-state index in [0.717, 1.165) is 31.2 Å². The summed E-state index contributed by atoms with van der Waals surface area (Å²) in [6, 6.07) is 5.31. The molecule has 88 valence electrons. The van der Waals surface area contributed by atoms with Crippen LogP contribution >= 0.6 is 0 Å². The Labute approximate surface area is 99.3 Å². The Bertz CT molecular complexity index is 534. The molecule has 4 heteroatoms. The van der Waals surface area contributed by atoms with Gasteiger partial charge in [0.25, 0.3) is 5.69 Å². The minimum absolute atomic E-state index is 0.144. The second-order valence-corrected chi connectivity index (χ2v) is 4.78. The van der Waals surface area contributed by atoms with Gasteiger partial charge < -0.3 is 5.73 Å². The summed E-state index contributed by atoms with van der Waals surface area (Å²) in [6.07, 6.45) is 4.01. The highest BCUT2D eigenvalue weighted by Crippen LogP contribution is 2.42. The molecule has 0 aromatic heterocycles. The van der Waals surface area contributed by atoms with E-state index in [0.29, 0.717) is 0 Å². The smallest absolute Gasteiger partial charge is 0.270 e. The average Bonchev–Trinajstić information content (AvgIpc) is 2.68. The van der Waals surface area contributed by atoms with Crippen LogP contribution in [0.2, 0.25) is 0 Å². The molecule has 1 unspecified atom stereocenters. The van der Waals surface area contributed by atoms with E-state index in [4.69, 9.17) is 5.73 Å². The molecular weight excluding hydrogens is 216 g/mol. The average molecular weight is 230 g/mol. The summed E-state index contributed by atoms with van der Waals surface area (Å²) in [5.74, 6) is 0. The highest BCUT2D eigenvalue weighted by molar-refractivity contribution is 5.79. The number of nitrogens with two attached hydrogens (primary N) is 1. The van der Waals surface area contributed by atoms with Crippen LogP contribution < -0.4 is 5.73 Å². The lowest BCUT2D eigenvalue weighted by molar-refractivity contribution is -0.384. The molecule has 0 bridgehead atoms.